The summed E-state index contributed by atoms with van der Waals surface area (Å²) in [6, 6.07) is 16.2. The van der Waals surface area contributed by atoms with Gasteiger partial charge in [-0.15, -0.1) is 0 Å². The maximum absolute atomic E-state index is 12.7. The van der Waals surface area contributed by atoms with E-state index in [0.717, 1.165) is 11.9 Å². The minimum absolute atomic E-state index is 0.0430. The van der Waals surface area contributed by atoms with E-state index in [0.29, 0.717) is 18.0 Å². The first-order valence-corrected chi connectivity index (χ1v) is 10.2. The lowest BCUT2D eigenvalue weighted by atomic mass is 10.2. The lowest BCUT2D eigenvalue weighted by Crippen LogP contribution is -2.37. The molecular formula is C19H24N2O4S. The van der Waals surface area contributed by atoms with Crippen molar-refractivity contribution < 1.29 is 17.9 Å². The van der Waals surface area contributed by atoms with Crippen molar-refractivity contribution in [2.24, 2.45) is 0 Å². The predicted octanol–water partition coefficient (Wildman–Crippen LogP) is 2.90. The number of carbonyl (C=O) groups excluding carboxylic acids is 1. The normalized spacial score (nSPS) is 11.0. The van der Waals surface area contributed by atoms with E-state index in [9.17, 15) is 13.2 Å². The molecule has 2 rings (SSSR count). The molecule has 0 spiro atoms. The van der Waals surface area contributed by atoms with Crippen molar-refractivity contribution in [1.29, 1.82) is 0 Å². The average Bonchev–Trinajstić information content (AvgIpc) is 2.62. The van der Waals surface area contributed by atoms with Crippen LogP contribution in [0.2, 0.25) is 0 Å². The Balaban J connectivity index is 2.21. The van der Waals surface area contributed by atoms with Crippen LogP contribution in [0.3, 0.4) is 0 Å². The molecule has 0 unspecified atom stereocenters. The Bertz CT molecular complexity index is 838. The number of para-hydroxylation sites is 3. The summed E-state index contributed by atoms with van der Waals surface area (Å²) >= 11 is 0. The highest BCUT2D eigenvalue weighted by Gasteiger charge is 2.23. The van der Waals surface area contributed by atoms with Gasteiger partial charge in [0.2, 0.25) is 15.9 Å². The Morgan fingerprint density at radius 2 is 1.65 bits per heavy atom. The largest absolute Gasteiger partial charge is 0.495 e. The van der Waals surface area contributed by atoms with Gasteiger partial charge in [-0.25, -0.2) is 8.42 Å². The number of nitrogens with zero attached hydrogens (tertiary/aromatic N) is 2. The van der Waals surface area contributed by atoms with E-state index in [1.54, 1.807) is 29.2 Å². The van der Waals surface area contributed by atoms with E-state index in [-0.39, 0.29) is 18.9 Å². The first kappa shape index (κ1) is 19.8. The summed E-state index contributed by atoms with van der Waals surface area (Å²) in [6.07, 6.45) is 1.19. The molecule has 0 heterocycles. The molecule has 0 aliphatic carbocycles. The molecule has 0 saturated heterocycles. The zero-order valence-corrected chi connectivity index (χ0v) is 16.1. The molecule has 0 saturated carbocycles. The van der Waals surface area contributed by atoms with Gasteiger partial charge in [-0.05, 0) is 31.2 Å². The first-order valence-electron chi connectivity index (χ1n) is 8.34. The Labute approximate surface area is 155 Å². The quantitative estimate of drug-likeness (QED) is 0.710. The smallest absolute Gasteiger partial charge is 0.232 e. The number of sulfonamides is 1. The molecule has 0 atom stereocenters. The maximum atomic E-state index is 12.7. The molecule has 6 nitrogen and oxygen atoms in total. The van der Waals surface area contributed by atoms with Crippen LogP contribution in [0.1, 0.15) is 13.3 Å². The highest BCUT2D eigenvalue weighted by atomic mass is 32.2. The summed E-state index contributed by atoms with van der Waals surface area (Å²) < 4.78 is 31.0. The molecule has 2 aromatic rings. The van der Waals surface area contributed by atoms with Crippen LogP contribution in [0.5, 0.6) is 5.75 Å². The number of benzene rings is 2. The summed E-state index contributed by atoms with van der Waals surface area (Å²) in [7, 11) is -2.08. The van der Waals surface area contributed by atoms with E-state index in [4.69, 9.17) is 4.74 Å². The van der Waals surface area contributed by atoms with Crippen LogP contribution in [-0.4, -0.2) is 40.8 Å². The summed E-state index contributed by atoms with van der Waals surface area (Å²) in [5.41, 5.74) is 1.22. The molecular weight excluding hydrogens is 352 g/mol. The third-order valence-corrected chi connectivity index (χ3v) is 5.15. The molecule has 0 fully saturated rings. The van der Waals surface area contributed by atoms with E-state index in [1.807, 2.05) is 37.3 Å². The lowest BCUT2D eigenvalue weighted by Gasteiger charge is -2.26. The fourth-order valence-corrected chi connectivity index (χ4v) is 3.67. The highest BCUT2D eigenvalue weighted by Crippen LogP contribution is 2.29. The van der Waals surface area contributed by atoms with Crippen molar-refractivity contribution in [2.75, 3.05) is 35.7 Å². The molecule has 2 aromatic carbocycles. The number of hydrogen-bond donors (Lipinski definition) is 0. The van der Waals surface area contributed by atoms with Crippen molar-refractivity contribution in [2.45, 2.75) is 13.3 Å². The second-order valence-corrected chi connectivity index (χ2v) is 7.64. The van der Waals surface area contributed by atoms with Crippen LogP contribution in [0, 0.1) is 0 Å². The number of anilines is 2. The molecule has 7 heteroatoms. The molecule has 0 aliphatic rings. The topological polar surface area (TPSA) is 66.9 Å². The molecule has 140 valence electrons. The second-order valence-electron chi connectivity index (χ2n) is 5.73. The molecule has 0 aliphatic heterocycles. The standard InChI is InChI=1S/C19H24N2O4S/c1-4-20(16-10-6-5-7-11-16)19(22)14-15-21(26(3,23)24)17-12-8-9-13-18(17)25-2/h5-13H,4,14-15H2,1-3H3. The second kappa shape index (κ2) is 8.71. The summed E-state index contributed by atoms with van der Waals surface area (Å²) in [5, 5.41) is 0. The third kappa shape index (κ3) is 4.76. The maximum Gasteiger partial charge on any atom is 0.232 e. The van der Waals surface area contributed by atoms with Gasteiger partial charge in [-0.2, -0.15) is 0 Å². The fourth-order valence-electron chi connectivity index (χ4n) is 2.74. The number of carbonyl (C=O) groups is 1. The minimum atomic E-state index is -3.56. The Morgan fingerprint density at radius 3 is 2.23 bits per heavy atom. The van der Waals surface area contributed by atoms with Gasteiger partial charge in [0.05, 0.1) is 19.1 Å². The van der Waals surface area contributed by atoms with Crippen LogP contribution in [0.15, 0.2) is 54.6 Å². The van der Waals surface area contributed by atoms with Crippen molar-refractivity contribution in [3.05, 3.63) is 54.6 Å². The summed E-state index contributed by atoms with van der Waals surface area (Å²) in [6.45, 7) is 2.44. The van der Waals surface area contributed by atoms with Gasteiger partial charge in [0, 0.05) is 25.2 Å². The predicted molar refractivity (Wildman–Crippen MR) is 104 cm³/mol. The van der Waals surface area contributed by atoms with Crippen molar-refractivity contribution >= 4 is 27.3 Å². The zero-order chi connectivity index (χ0) is 19.2. The Morgan fingerprint density at radius 1 is 1.04 bits per heavy atom. The zero-order valence-electron chi connectivity index (χ0n) is 15.3. The van der Waals surface area contributed by atoms with Gasteiger partial charge in [-0.3, -0.25) is 9.10 Å². The summed E-state index contributed by atoms with van der Waals surface area (Å²) in [4.78, 5) is 14.3. The van der Waals surface area contributed by atoms with Crippen LogP contribution in [0.25, 0.3) is 0 Å². The van der Waals surface area contributed by atoms with Gasteiger partial charge in [-0.1, -0.05) is 30.3 Å². The molecule has 0 N–H and O–H groups in total. The van der Waals surface area contributed by atoms with Gasteiger partial charge in [0.25, 0.3) is 0 Å². The third-order valence-electron chi connectivity index (χ3n) is 3.97. The molecule has 0 radical (unpaired) electrons. The Kier molecular flexibility index (Phi) is 6.63. The van der Waals surface area contributed by atoms with Gasteiger partial charge in [0.1, 0.15) is 5.75 Å². The number of hydrogen-bond acceptors (Lipinski definition) is 4. The van der Waals surface area contributed by atoms with Crippen LogP contribution in [-0.2, 0) is 14.8 Å². The fraction of sp³-hybridized carbons (Fsp3) is 0.316. The van der Waals surface area contributed by atoms with E-state index in [1.165, 1.54) is 11.4 Å². The van der Waals surface area contributed by atoms with Crippen molar-refractivity contribution in [3.8, 4) is 5.75 Å². The van der Waals surface area contributed by atoms with Gasteiger partial charge < -0.3 is 9.64 Å². The lowest BCUT2D eigenvalue weighted by molar-refractivity contribution is -0.118. The number of amides is 1. The van der Waals surface area contributed by atoms with E-state index >= 15 is 0 Å². The van der Waals surface area contributed by atoms with Crippen LogP contribution >= 0.6 is 0 Å². The van der Waals surface area contributed by atoms with Crippen molar-refractivity contribution in [3.63, 3.8) is 0 Å². The minimum Gasteiger partial charge on any atom is -0.495 e. The van der Waals surface area contributed by atoms with Crippen molar-refractivity contribution in [1.82, 2.24) is 0 Å². The number of methoxy groups -OCH3 is 1. The molecule has 26 heavy (non-hydrogen) atoms. The molecule has 0 bridgehead atoms. The van der Waals surface area contributed by atoms with Crippen LogP contribution < -0.4 is 13.9 Å². The van der Waals surface area contributed by atoms with E-state index in [2.05, 4.69) is 0 Å². The SMILES string of the molecule is CCN(C(=O)CCN(c1ccccc1OC)S(C)(=O)=O)c1ccccc1. The average molecular weight is 376 g/mol. The first-order chi connectivity index (χ1) is 12.4. The molecule has 0 aromatic heterocycles. The Hall–Kier alpha value is -2.54. The van der Waals surface area contributed by atoms with E-state index < -0.39 is 10.0 Å². The van der Waals surface area contributed by atoms with Gasteiger partial charge in [0.15, 0.2) is 0 Å². The monoisotopic (exact) mass is 376 g/mol. The van der Waals surface area contributed by atoms with Gasteiger partial charge >= 0.3 is 0 Å². The number of rotatable bonds is 8. The highest BCUT2D eigenvalue weighted by molar-refractivity contribution is 7.92. The number of ether oxygens (including phenoxy) is 1. The molecule has 1 amide bonds. The summed E-state index contributed by atoms with van der Waals surface area (Å²) in [5.74, 6) is 0.308. The van der Waals surface area contributed by atoms with Crippen LogP contribution in [0.4, 0.5) is 11.4 Å².